The maximum absolute atomic E-state index is 11.4. The predicted octanol–water partition coefficient (Wildman–Crippen LogP) is 1.35. The third-order valence-corrected chi connectivity index (χ3v) is 2.58. The first-order chi connectivity index (χ1) is 10.1. The van der Waals surface area contributed by atoms with Crippen LogP contribution in [0.1, 0.15) is 18.1 Å². The predicted molar refractivity (Wildman–Crippen MR) is 80.7 cm³/mol. The van der Waals surface area contributed by atoms with Crippen molar-refractivity contribution >= 4 is 17.8 Å². The van der Waals surface area contributed by atoms with Crippen LogP contribution in [0.5, 0.6) is 0 Å². The fourth-order valence-corrected chi connectivity index (χ4v) is 1.63. The SMILES string of the molecule is CC(=O)Cc1ccc(/C=C/C(=O)OCCOCCN)cc1. The highest BCUT2D eigenvalue weighted by molar-refractivity contribution is 5.87. The fraction of sp³-hybridized carbons (Fsp3) is 0.375. The van der Waals surface area contributed by atoms with Crippen molar-refractivity contribution in [2.75, 3.05) is 26.4 Å². The molecule has 0 fully saturated rings. The molecule has 0 aliphatic rings. The fourth-order valence-electron chi connectivity index (χ4n) is 1.63. The van der Waals surface area contributed by atoms with Crippen LogP contribution >= 0.6 is 0 Å². The van der Waals surface area contributed by atoms with Gasteiger partial charge in [-0.25, -0.2) is 4.79 Å². The highest BCUT2D eigenvalue weighted by atomic mass is 16.6. The number of benzene rings is 1. The molecule has 0 aromatic heterocycles. The zero-order valence-electron chi connectivity index (χ0n) is 12.2. The number of ketones is 1. The van der Waals surface area contributed by atoms with Crippen LogP contribution in [0, 0.1) is 0 Å². The van der Waals surface area contributed by atoms with Gasteiger partial charge in [0.05, 0.1) is 13.2 Å². The molecule has 0 heterocycles. The number of rotatable bonds is 9. The monoisotopic (exact) mass is 291 g/mol. The summed E-state index contributed by atoms with van der Waals surface area (Å²) in [5.74, 6) is -0.294. The summed E-state index contributed by atoms with van der Waals surface area (Å²) in [6, 6.07) is 7.44. The van der Waals surface area contributed by atoms with Crippen molar-refractivity contribution < 1.29 is 19.1 Å². The Labute approximate surface area is 124 Å². The second-order valence-electron chi connectivity index (χ2n) is 4.52. The Morgan fingerprint density at radius 3 is 2.48 bits per heavy atom. The minimum atomic E-state index is -0.417. The second kappa shape index (κ2) is 9.85. The number of ether oxygens (including phenoxy) is 2. The molecule has 0 amide bonds. The quantitative estimate of drug-likeness (QED) is 0.422. The van der Waals surface area contributed by atoms with Crippen molar-refractivity contribution in [3.63, 3.8) is 0 Å². The molecule has 1 rings (SSSR count). The van der Waals surface area contributed by atoms with E-state index in [0.29, 0.717) is 26.2 Å². The van der Waals surface area contributed by atoms with Crippen LogP contribution in [0.3, 0.4) is 0 Å². The maximum Gasteiger partial charge on any atom is 0.330 e. The molecular formula is C16H21NO4. The minimum Gasteiger partial charge on any atom is -0.460 e. The molecule has 5 heteroatoms. The molecule has 0 atom stereocenters. The van der Waals surface area contributed by atoms with E-state index in [1.165, 1.54) is 6.08 Å². The summed E-state index contributed by atoms with van der Waals surface area (Å²) in [5.41, 5.74) is 7.09. The lowest BCUT2D eigenvalue weighted by Gasteiger charge is -2.02. The molecule has 0 radical (unpaired) electrons. The van der Waals surface area contributed by atoms with Crippen LogP contribution in [0.4, 0.5) is 0 Å². The van der Waals surface area contributed by atoms with E-state index in [0.717, 1.165) is 11.1 Å². The number of carbonyl (C=O) groups excluding carboxylic acids is 2. The van der Waals surface area contributed by atoms with Gasteiger partial charge in [0.1, 0.15) is 12.4 Å². The molecule has 1 aromatic carbocycles. The zero-order valence-corrected chi connectivity index (χ0v) is 12.2. The number of hydrogen-bond acceptors (Lipinski definition) is 5. The number of Topliss-reactive ketones (excluding diaryl/α,β-unsaturated/α-hetero) is 1. The molecule has 0 aliphatic heterocycles. The summed E-state index contributed by atoms with van der Waals surface area (Å²) in [5, 5.41) is 0. The molecule has 5 nitrogen and oxygen atoms in total. The van der Waals surface area contributed by atoms with Gasteiger partial charge in [-0.1, -0.05) is 24.3 Å². The highest BCUT2D eigenvalue weighted by Gasteiger charge is 1.99. The van der Waals surface area contributed by atoms with Gasteiger partial charge in [-0.05, 0) is 24.1 Å². The van der Waals surface area contributed by atoms with Crippen molar-refractivity contribution in [2.24, 2.45) is 5.73 Å². The van der Waals surface area contributed by atoms with E-state index >= 15 is 0 Å². The van der Waals surface area contributed by atoms with Crippen molar-refractivity contribution in [1.29, 1.82) is 0 Å². The lowest BCUT2D eigenvalue weighted by molar-refractivity contribution is -0.139. The number of esters is 1. The van der Waals surface area contributed by atoms with Gasteiger partial charge in [0.25, 0.3) is 0 Å². The molecule has 0 aliphatic carbocycles. The van der Waals surface area contributed by atoms with Crippen molar-refractivity contribution in [1.82, 2.24) is 0 Å². The largest absolute Gasteiger partial charge is 0.460 e. The summed E-state index contributed by atoms with van der Waals surface area (Å²) in [7, 11) is 0. The van der Waals surface area contributed by atoms with E-state index in [9.17, 15) is 9.59 Å². The summed E-state index contributed by atoms with van der Waals surface area (Å²) in [6.07, 6.45) is 3.46. The molecule has 21 heavy (non-hydrogen) atoms. The minimum absolute atomic E-state index is 0.124. The van der Waals surface area contributed by atoms with Crippen LogP contribution in [-0.2, 0) is 25.5 Å². The van der Waals surface area contributed by atoms with Gasteiger partial charge >= 0.3 is 5.97 Å². The molecule has 0 saturated carbocycles. The average Bonchev–Trinajstić information content (AvgIpc) is 2.46. The summed E-state index contributed by atoms with van der Waals surface area (Å²) < 4.78 is 10.0. The van der Waals surface area contributed by atoms with Crippen LogP contribution in [0.2, 0.25) is 0 Å². The molecule has 2 N–H and O–H groups in total. The van der Waals surface area contributed by atoms with E-state index in [2.05, 4.69) is 0 Å². The van der Waals surface area contributed by atoms with Gasteiger partial charge < -0.3 is 15.2 Å². The van der Waals surface area contributed by atoms with Gasteiger partial charge in [-0.2, -0.15) is 0 Å². The summed E-state index contributed by atoms with van der Waals surface area (Å²) in [6.45, 7) is 3.02. The Bertz CT molecular complexity index is 480. The van der Waals surface area contributed by atoms with Gasteiger partial charge in [0.15, 0.2) is 0 Å². The molecule has 0 saturated heterocycles. The van der Waals surface area contributed by atoms with Crippen LogP contribution in [0.15, 0.2) is 30.3 Å². The molecule has 0 bridgehead atoms. The Balaban J connectivity index is 2.34. The Morgan fingerprint density at radius 2 is 1.86 bits per heavy atom. The lowest BCUT2D eigenvalue weighted by atomic mass is 10.1. The Morgan fingerprint density at radius 1 is 1.14 bits per heavy atom. The van der Waals surface area contributed by atoms with Crippen LogP contribution in [0.25, 0.3) is 6.08 Å². The smallest absolute Gasteiger partial charge is 0.330 e. The van der Waals surface area contributed by atoms with E-state index < -0.39 is 5.97 Å². The van der Waals surface area contributed by atoms with Gasteiger partial charge in [0.2, 0.25) is 0 Å². The summed E-state index contributed by atoms with van der Waals surface area (Å²) in [4.78, 5) is 22.4. The van der Waals surface area contributed by atoms with Crippen LogP contribution in [-0.4, -0.2) is 38.1 Å². The van der Waals surface area contributed by atoms with Crippen molar-refractivity contribution in [3.05, 3.63) is 41.5 Å². The molecule has 114 valence electrons. The van der Waals surface area contributed by atoms with Crippen molar-refractivity contribution in [3.8, 4) is 0 Å². The molecule has 0 spiro atoms. The first-order valence-electron chi connectivity index (χ1n) is 6.83. The van der Waals surface area contributed by atoms with E-state index in [4.69, 9.17) is 15.2 Å². The average molecular weight is 291 g/mol. The standard InChI is InChI=1S/C16H21NO4/c1-13(18)12-15-4-2-14(3-5-15)6-7-16(19)21-11-10-20-9-8-17/h2-7H,8-12,17H2,1H3/b7-6+. The first kappa shape index (κ1) is 17.1. The summed E-state index contributed by atoms with van der Waals surface area (Å²) >= 11 is 0. The topological polar surface area (TPSA) is 78.6 Å². The number of nitrogens with two attached hydrogens (primary N) is 1. The molecular weight excluding hydrogens is 270 g/mol. The maximum atomic E-state index is 11.4. The normalized spacial score (nSPS) is 10.8. The van der Waals surface area contributed by atoms with Crippen LogP contribution < -0.4 is 5.73 Å². The number of hydrogen-bond donors (Lipinski definition) is 1. The van der Waals surface area contributed by atoms with E-state index in [1.54, 1.807) is 13.0 Å². The second-order valence-corrected chi connectivity index (χ2v) is 4.52. The van der Waals surface area contributed by atoms with Gasteiger partial charge in [-0.15, -0.1) is 0 Å². The third-order valence-electron chi connectivity index (χ3n) is 2.58. The highest BCUT2D eigenvalue weighted by Crippen LogP contribution is 2.07. The first-order valence-corrected chi connectivity index (χ1v) is 6.83. The van der Waals surface area contributed by atoms with Gasteiger partial charge in [0, 0.05) is 19.0 Å². The Hall–Kier alpha value is -1.98. The Kier molecular flexibility index (Phi) is 8.01. The van der Waals surface area contributed by atoms with Crippen molar-refractivity contribution in [2.45, 2.75) is 13.3 Å². The molecule has 0 unspecified atom stereocenters. The lowest BCUT2D eigenvalue weighted by Crippen LogP contribution is -2.13. The number of carbonyl (C=O) groups is 2. The van der Waals surface area contributed by atoms with E-state index in [-0.39, 0.29) is 12.4 Å². The third kappa shape index (κ3) is 8.02. The molecule has 1 aromatic rings. The van der Waals surface area contributed by atoms with E-state index in [1.807, 2.05) is 24.3 Å². The zero-order chi connectivity index (χ0) is 15.5. The van der Waals surface area contributed by atoms with Gasteiger partial charge in [-0.3, -0.25) is 4.79 Å².